The fourth-order valence-corrected chi connectivity index (χ4v) is 3.57. The second kappa shape index (κ2) is 8.20. The van der Waals surface area contributed by atoms with E-state index in [2.05, 4.69) is 4.98 Å². The van der Waals surface area contributed by atoms with Gasteiger partial charge < -0.3 is 28.8 Å². The van der Waals surface area contributed by atoms with E-state index in [1.165, 1.54) is 14.2 Å². The number of hydrogen-bond acceptors (Lipinski definition) is 7. The molecule has 0 saturated heterocycles. The average Bonchev–Trinajstić information content (AvgIpc) is 3.22. The maximum absolute atomic E-state index is 10.3. The molecule has 0 aliphatic heterocycles. The van der Waals surface area contributed by atoms with Gasteiger partial charge >= 0.3 is 0 Å². The Bertz CT molecular complexity index is 1240. The molecule has 4 aromatic rings. The Kier molecular flexibility index (Phi) is 5.44. The number of aliphatic hydroxyl groups is 1. The summed E-state index contributed by atoms with van der Waals surface area (Å²) < 4.78 is 22.2. The number of aromatic hydroxyl groups is 1. The van der Waals surface area contributed by atoms with Gasteiger partial charge in [-0.2, -0.15) is 0 Å². The van der Waals surface area contributed by atoms with Gasteiger partial charge in [-0.05, 0) is 42.8 Å². The van der Waals surface area contributed by atoms with Gasteiger partial charge in [0.05, 0.1) is 27.4 Å². The van der Waals surface area contributed by atoms with Gasteiger partial charge in [0.25, 0.3) is 0 Å². The summed E-state index contributed by atoms with van der Waals surface area (Å²) in [5.41, 5.74) is 4.14. The second-order valence-electron chi connectivity index (χ2n) is 7.05. The zero-order chi connectivity index (χ0) is 22.1. The van der Waals surface area contributed by atoms with E-state index < -0.39 is 6.10 Å². The quantitative estimate of drug-likeness (QED) is 0.455. The van der Waals surface area contributed by atoms with Crippen LogP contribution in [0.5, 0.6) is 23.0 Å². The van der Waals surface area contributed by atoms with Gasteiger partial charge in [0.1, 0.15) is 17.0 Å². The molecule has 0 saturated carbocycles. The van der Waals surface area contributed by atoms with Crippen LogP contribution in [-0.2, 0) is 0 Å². The molecule has 0 bridgehead atoms. The van der Waals surface area contributed by atoms with Crippen molar-refractivity contribution in [1.29, 1.82) is 0 Å². The summed E-state index contributed by atoms with van der Waals surface area (Å²) in [6.07, 6.45) is 1.07. The summed E-state index contributed by atoms with van der Waals surface area (Å²) in [4.78, 5) is 4.42. The molecule has 0 amide bonds. The van der Waals surface area contributed by atoms with Crippen LogP contribution >= 0.6 is 0 Å². The van der Waals surface area contributed by atoms with Crippen molar-refractivity contribution in [2.75, 3.05) is 21.3 Å². The largest absolute Gasteiger partial charge is 0.504 e. The van der Waals surface area contributed by atoms with Crippen LogP contribution in [0.15, 0.2) is 53.1 Å². The highest BCUT2D eigenvalue weighted by molar-refractivity contribution is 5.94. The van der Waals surface area contributed by atoms with Gasteiger partial charge in [-0.15, -0.1) is 0 Å². The van der Waals surface area contributed by atoms with Crippen LogP contribution in [0.3, 0.4) is 0 Å². The topological polar surface area (TPSA) is 94.2 Å². The summed E-state index contributed by atoms with van der Waals surface area (Å²) in [5, 5.41) is 20.3. The number of phenolic OH excluding ortho intramolecular Hbond substituents is 1. The first kappa shape index (κ1) is 20.6. The minimum Gasteiger partial charge on any atom is -0.504 e. The van der Waals surface area contributed by atoms with E-state index in [1.807, 2.05) is 24.3 Å². The van der Waals surface area contributed by atoms with Gasteiger partial charge in [0.2, 0.25) is 5.75 Å². The van der Waals surface area contributed by atoms with Gasteiger partial charge in [0, 0.05) is 29.0 Å². The molecule has 1 unspecified atom stereocenters. The van der Waals surface area contributed by atoms with Gasteiger partial charge in [-0.3, -0.25) is 4.98 Å². The number of aliphatic hydroxyl groups excluding tert-OH is 1. The van der Waals surface area contributed by atoms with Gasteiger partial charge in [0.15, 0.2) is 17.1 Å². The van der Waals surface area contributed by atoms with Gasteiger partial charge in [-0.1, -0.05) is 6.07 Å². The molecule has 2 N–H and O–H groups in total. The lowest BCUT2D eigenvalue weighted by Gasteiger charge is -2.13. The standard InChI is InChI=1S/C24H23NO6/c1-13(26)14-5-6-20(28-2)17(9-14)16-7-8-25-18-12-21(31-23(16)18)15-10-19(27)24(30-4)22(11-15)29-3/h5-13,26-27H,1-4H3. The summed E-state index contributed by atoms with van der Waals surface area (Å²) in [6.45, 7) is 1.71. The fourth-order valence-electron chi connectivity index (χ4n) is 3.57. The maximum atomic E-state index is 10.3. The van der Waals surface area contributed by atoms with Crippen LogP contribution in [0.25, 0.3) is 33.6 Å². The molecule has 160 valence electrons. The number of rotatable bonds is 6. The molecular formula is C24H23NO6. The molecule has 31 heavy (non-hydrogen) atoms. The molecule has 7 nitrogen and oxygen atoms in total. The highest BCUT2D eigenvalue weighted by Gasteiger charge is 2.19. The smallest absolute Gasteiger partial charge is 0.203 e. The van der Waals surface area contributed by atoms with E-state index in [1.54, 1.807) is 38.4 Å². The number of aromatic nitrogens is 1. The zero-order valence-corrected chi connectivity index (χ0v) is 17.7. The minimum absolute atomic E-state index is 0.0585. The molecule has 1 atom stereocenters. The SMILES string of the molecule is COc1ccc(C(C)O)cc1-c1ccnc2cc(-c3cc(O)c(OC)c(OC)c3)oc12. The molecule has 0 radical (unpaired) electrons. The predicted octanol–water partition coefficient (Wildman–Crippen LogP) is 4.95. The van der Waals surface area contributed by atoms with Crippen LogP contribution in [0, 0.1) is 0 Å². The molecular weight excluding hydrogens is 398 g/mol. The summed E-state index contributed by atoms with van der Waals surface area (Å²) >= 11 is 0. The van der Waals surface area contributed by atoms with E-state index >= 15 is 0 Å². The normalized spacial score (nSPS) is 12.0. The first-order chi connectivity index (χ1) is 15.0. The second-order valence-corrected chi connectivity index (χ2v) is 7.05. The van der Waals surface area contributed by atoms with Crippen molar-refractivity contribution in [1.82, 2.24) is 4.98 Å². The Balaban J connectivity index is 1.90. The summed E-state index contributed by atoms with van der Waals surface area (Å²) in [6, 6.07) is 12.4. The van der Waals surface area contributed by atoms with Crippen molar-refractivity contribution in [3.8, 4) is 45.4 Å². The molecule has 2 aromatic carbocycles. The predicted molar refractivity (Wildman–Crippen MR) is 117 cm³/mol. The zero-order valence-electron chi connectivity index (χ0n) is 17.7. The van der Waals surface area contributed by atoms with Crippen molar-refractivity contribution in [3.63, 3.8) is 0 Å². The monoisotopic (exact) mass is 421 g/mol. The number of furan rings is 1. The summed E-state index contributed by atoms with van der Waals surface area (Å²) in [7, 11) is 4.56. The number of pyridine rings is 1. The van der Waals surface area contributed by atoms with Crippen LogP contribution in [-0.4, -0.2) is 36.5 Å². The first-order valence-electron chi connectivity index (χ1n) is 9.67. The molecule has 4 rings (SSSR count). The third kappa shape index (κ3) is 3.64. The molecule has 2 aromatic heterocycles. The fraction of sp³-hybridized carbons (Fsp3) is 0.208. The Hall–Kier alpha value is -3.71. The Morgan fingerprint density at radius 2 is 1.68 bits per heavy atom. The average molecular weight is 421 g/mol. The molecule has 0 fully saturated rings. The summed E-state index contributed by atoms with van der Waals surface area (Å²) in [5.74, 6) is 1.74. The maximum Gasteiger partial charge on any atom is 0.203 e. The molecule has 0 spiro atoms. The third-order valence-electron chi connectivity index (χ3n) is 5.15. The number of phenols is 1. The van der Waals surface area contributed by atoms with E-state index in [4.69, 9.17) is 18.6 Å². The Morgan fingerprint density at radius 1 is 0.903 bits per heavy atom. The third-order valence-corrected chi connectivity index (χ3v) is 5.15. The van der Waals surface area contributed by atoms with Crippen LogP contribution < -0.4 is 14.2 Å². The number of methoxy groups -OCH3 is 3. The van der Waals surface area contributed by atoms with E-state index in [0.29, 0.717) is 33.9 Å². The number of ether oxygens (including phenoxy) is 3. The minimum atomic E-state index is -0.621. The number of hydrogen-bond donors (Lipinski definition) is 2. The number of nitrogens with zero attached hydrogens (tertiary/aromatic N) is 1. The van der Waals surface area contributed by atoms with Crippen molar-refractivity contribution >= 4 is 11.1 Å². The molecule has 0 aliphatic carbocycles. The van der Waals surface area contributed by atoms with E-state index in [9.17, 15) is 10.2 Å². The molecule has 7 heteroatoms. The lowest BCUT2D eigenvalue weighted by Crippen LogP contribution is -1.95. The van der Waals surface area contributed by atoms with Crippen molar-refractivity contribution < 1.29 is 28.8 Å². The highest BCUT2D eigenvalue weighted by atomic mass is 16.5. The van der Waals surface area contributed by atoms with E-state index in [-0.39, 0.29) is 11.5 Å². The van der Waals surface area contributed by atoms with Gasteiger partial charge in [-0.25, -0.2) is 0 Å². The van der Waals surface area contributed by atoms with Crippen LogP contribution in [0.4, 0.5) is 0 Å². The number of benzene rings is 2. The van der Waals surface area contributed by atoms with E-state index in [0.717, 1.165) is 16.7 Å². The van der Waals surface area contributed by atoms with Crippen molar-refractivity contribution in [2.45, 2.75) is 13.0 Å². The van der Waals surface area contributed by atoms with Crippen LogP contribution in [0.1, 0.15) is 18.6 Å². The first-order valence-corrected chi connectivity index (χ1v) is 9.67. The lowest BCUT2D eigenvalue weighted by molar-refractivity contribution is 0.199. The molecule has 2 heterocycles. The number of fused-ring (bicyclic) bond motifs is 1. The lowest BCUT2D eigenvalue weighted by atomic mass is 10.00. The Morgan fingerprint density at radius 3 is 2.35 bits per heavy atom. The molecule has 0 aliphatic rings. The van der Waals surface area contributed by atoms with Crippen molar-refractivity contribution in [3.05, 3.63) is 54.2 Å². The van der Waals surface area contributed by atoms with Crippen LogP contribution in [0.2, 0.25) is 0 Å². The highest BCUT2D eigenvalue weighted by Crippen LogP contribution is 2.43. The Labute approximate surface area is 179 Å². The van der Waals surface area contributed by atoms with Crippen molar-refractivity contribution in [2.24, 2.45) is 0 Å².